The number of hydrogen-bond acceptors (Lipinski definition) is 1. The van der Waals surface area contributed by atoms with Gasteiger partial charge in [0, 0.05) is 5.39 Å². The molecule has 2 heteroatoms. The van der Waals surface area contributed by atoms with Crippen molar-refractivity contribution < 1.29 is 0 Å². The van der Waals surface area contributed by atoms with Gasteiger partial charge in [0.25, 0.3) is 0 Å². The van der Waals surface area contributed by atoms with Crippen LogP contribution in [0.25, 0.3) is 10.9 Å². The van der Waals surface area contributed by atoms with Crippen LogP contribution in [0.15, 0.2) is 54.7 Å². The first-order valence-corrected chi connectivity index (χ1v) is 5.79. The fourth-order valence-corrected chi connectivity index (χ4v) is 2.13. The normalized spacial score (nSPS) is 10.9. The molecule has 1 heterocycles. The third-order valence-electron chi connectivity index (χ3n) is 3.08. The maximum Gasteiger partial charge on any atom is 0.0689 e. The molecule has 3 aromatic rings. The number of hydrogen-bond donors (Lipinski definition) is 0. The van der Waals surface area contributed by atoms with E-state index < -0.39 is 0 Å². The average Bonchev–Trinajstić information content (AvgIpc) is 2.76. The quantitative estimate of drug-likeness (QED) is 0.650. The standard InChI is InChI=1S/C15H14N2/c1-12-6-5-9-15-14(12)10-16-17(15)11-13-7-3-2-4-8-13/h2-10H,11H2,1H3. The molecule has 0 aliphatic rings. The minimum absolute atomic E-state index is 0.827. The lowest BCUT2D eigenvalue weighted by molar-refractivity contribution is 0.712. The highest BCUT2D eigenvalue weighted by atomic mass is 15.3. The number of rotatable bonds is 2. The largest absolute Gasteiger partial charge is 0.260 e. The molecule has 2 aromatic carbocycles. The minimum Gasteiger partial charge on any atom is -0.260 e. The highest BCUT2D eigenvalue weighted by molar-refractivity contribution is 5.82. The first-order chi connectivity index (χ1) is 8.34. The van der Waals surface area contributed by atoms with Crippen LogP contribution in [-0.4, -0.2) is 9.78 Å². The molecule has 0 radical (unpaired) electrons. The van der Waals surface area contributed by atoms with Crippen molar-refractivity contribution in [2.24, 2.45) is 0 Å². The lowest BCUT2D eigenvalue weighted by Crippen LogP contribution is -2.00. The lowest BCUT2D eigenvalue weighted by Gasteiger charge is -2.04. The van der Waals surface area contributed by atoms with Crippen molar-refractivity contribution in [1.29, 1.82) is 0 Å². The minimum atomic E-state index is 0.827. The Labute approximate surface area is 101 Å². The third kappa shape index (κ3) is 1.82. The maximum atomic E-state index is 4.47. The molecule has 0 saturated heterocycles. The smallest absolute Gasteiger partial charge is 0.0689 e. The highest BCUT2D eigenvalue weighted by Gasteiger charge is 2.04. The summed E-state index contributed by atoms with van der Waals surface area (Å²) in [7, 11) is 0. The van der Waals surface area contributed by atoms with Gasteiger partial charge in [0.05, 0.1) is 18.3 Å². The van der Waals surface area contributed by atoms with E-state index in [1.807, 2.05) is 12.3 Å². The zero-order valence-electron chi connectivity index (χ0n) is 9.80. The van der Waals surface area contributed by atoms with E-state index in [0.29, 0.717) is 0 Å². The zero-order valence-corrected chi connectivity index (χ0v) is 9.80. The van der Waals surface area contributed by atoms with Gasteiger partial charge in [0.15, 0.2) is 0 Å². The second kappa shape index (κ2) is 4.06. The molecule has 0 saturated carbocycles. The van der Waals surface area contributed by atoms with Crippen LogP contribution in [0.2, 0.25) is 0 Å². The Morgan fingerprint density at radius 1 is 1.00 bits per heavy atom. The Bertz CT molecular complexity index is 638. The summed E-state index contributed by atoms with van der Waals surface area (Å²) in [5.74, 6) is 0. The van der Waals surface area contributed by atoms with Crippen LogP contribution in [0.3, 0.4) is 0 Å². The molecule has 3 rings (SSSR count). The Hall–Kier alpha value is -2.09. The molecule has 84 valence electrons. The first kappa shape index (κ1) is 10.1. The van der Waals surface area contributed by atoms with E-state index >= 15 is 0 Å². The van der Waals surface area contributed by atoms with E-state index in [9.17, 15) is 0 Å². The molecule has 0 fully saturated rings. The molecule has 1 aromatic heterocycles. The Morgan fingerprint density at radius 3 is 2.65 bits per heavy atom. The SMILES string of the molecule is Cc1cccc2c1cnn2Cc1ccccc1. The van der Waals surface area contributed by atoms with E-state index in [4.69, 9.17) is 0 Å². The van der Waals surface area contributed by atoms with Gasteiger partial charge in [-0.15, -0.1) is 0 Å². The third-order valence-corrected chi connectivity index (χ3v) is 3.08. The van der Waals surface area contributed by atoms with Crippen molar-refractivity contribution in [2.75, 3.05) is 0 Å². The van der Waals surface area contributed by atoms with Gasteiger partial charge in [-0.2, -0.15) is 5.10 Å². The van der Waals surface area contributed by atoms with Gasteiger partial charge in [-0.1, -0.05) is 42.5 Å². The topological polar surface area (TPSA) is 17.8 Å². The predicted octanol–water partition coefficient (Wildman–Crippen LogP) is 3.39. The molecular formula is C15H14N2. The number of nitrogens with zero attached hydrogens (tertiary/aromatic N) is 2. The Balaban J connectivity index is 2.05. The van der Waals surface area contributed by atoms with Crippen molar-refractivity contribution in [2.45, 2.75) is 13.5 Å². The van der Waals surface area contributed by atoms with Gasteiger partial charge in [-0.25, -0.2) is 0 Å². The molecule has 0 amide bonds. The zero-order chi connectivity index (χ0) is 11.7. The Morgan fingerprint density at radius 2 is 1.82 bits per heavy atom. The van der Waals surface area contributed by atoms with E-state index in [1.54, 1.807) is 0 Å². The van der Waals surface area contributed by atoms with Crippen LogP contribution < -0.4 is 0 Å². The van der Waals surface area contributed by atoms with Gasteiger partial charge >= 0.3 is 0 Å². The van der Waals surface area contributed by atoms with Crippen LogP contribution in [0.5, 0.6) is 0 Å². The number of fused-ring (bicyclic) bond motifs is 1. The molecule has 2 nitrogen and oxygen atoms in total. The van der Waals surface area contributed by atoms with Crippen LogP contribution in [0.4, 0.5) is 0 Å². The first-order valence-electron chi connectivity index (χ1n) is 5.79. The summed E-state index contributed by atoms with van der Waals surface area (Å²) in [6.07, 6.45) is 1.95. The van der Waals surface area contributed by atoms with Crippen LogP contribution in [-0.2, 0) is 6.54 Å². The van der Waals surface area contributed by atoms with Gasteiger partial charge in [0.1, 0.15) is 0 Å². The molecule has 17 heavy (non-hydrogen) atoms. The summed E-state index contributed by atoms with van der Waals surface area (Å²) in [6, 6.07) is 16.7. The van der Waals surface area contributed by atoms with Gasteiger partial charge in [-0.3, -0.25) is 4.68 Å². The van der Waals surface area contributed by atoms with E-state index in [1.165, 1.54) is 22.0 Å². The molecule has 0 bridgehead atoms. The van der Waals surface area contributed by atoms with Gasteiger partial charge in [0.2, 0.25) is 0 Å². The lowest BCUT2D eigenvalue weighted by atomic mass is 10.1. The maximum absolute atomic E-state index is 4.47. The summed E-state index contributed by atoms with van der Waals surface area (Å²) in [4.78, 5) is 0. The van der Waals surface area contributed by atoms with Gasteiger partial charge < -0.3 is 0 Å². The summed E-state index contributed by atoms with van der Waals surface area (Å²) >= 11 is 0. The number of aryl methyl sites for hydroxylation is 1. The molecule has 0 atom stereocenters. The highest BCUT2D eigenvalue weighted by Crippen LogP contribution is 2.18. The fourth-order valence-electron chi connectivity index (χ4n) is 2.13. The monoisotopic (exact) mass is 222 g/mol. The predicted molar refractivity (Wildman–Crippen MR) is 70.0 cm³/mol. The molecular weight excluding hydrogens is 208 g/mol. The van der Waals surface area contributed by atoms with E-state index in [-0.39, 0.29) is 0 Å². The second-order valence-corrected chi connectivity index (χ2v) is 4.30. The fraction of sp³-hybridized carbons (Fsp3) is 0.133. The van der Waals surface area contributed by atoms with Crippen LogP contribution in [0.1, 0.15) is 11.1 Å². The van der Waals surface area contributed by atoms with Crippen molar-refractivity contribution in [1.82, 2.24) is 9.78 Å². The van der Waals surface area contributed by atoms with Crippen molar-refractivity contribution >= 4 is 10.9 Å². The van der Waals surface area contributed by atoms with Crippen molar-refractivity contribution in [3.63, 3.8) is 0 Å². The van der Waals surface area contributed by atoms with Crippen molar-refractivity contribution in [3.05, 3.63) is 65.9 Å². The van der Waals surface area contributed by atoms with Crippen LogP contribution >= 0.6 is 0 Å². The summed E-state index contributed by atoms with van der Waals surface area (Å²) in [5, 5.41) is 5.71. The van der Waals surface area contributed by atoms with Crippen molar-refractivity contribution in [3.8, 4) is 0 Å². The number of aromatic nitrogens is 2. The molecule has 0 spiro atoms. The second-order valence-electron chi connectivity index (χ2n) is 4.30. The summed E-state index contributed by atoms with van der Waals surface area (Å²) in [5.41, 5.74) is 3.76. The summed E-state index contributed by atoms with van der Waals surface area (Å²) in [6.45, 7) is 2.95. The molecule has 0 aliphatic carbocycles. The molecule has 0 aliphatic heterocycles. The van der Waals surface area contributed by atoms with E-state index in [2.05, 4.69) is 59.2 Å². The van der Waals surface area contributed by atoms with Gasteiger partial charge in [-0.05, 0) is 24.1 Å². The molecule has 0 N–H and O–H groups in total. The molecule has 0 unspecified atom stereocenters. The number of benzene rings is 2. The average molecular weight is 222 g/mol. The van der Waals surface area contributed by atoms with Crippen LogP contribution in [0, 0.1) is 6.92 Å². The Kier molecular flexibility index (Phi) is 2.41. The van der Waals surface area contributed by atoms with E-state index in [0.717, 1.165) is 6.54 Å². The summed E-state index contributed by atoms with van der Waals surface area (Å²) < 4.78 is 2.05.